The predicted molar refractivity (Wildman–Crippen MR) is 71.8 cm³/mol. The zero-order chi connectivity index (χ0) is 15.5. The molecule has 2 rings (SSSR count). The van der Waals surface area contributed by atoms with Gasteiger partial charge in [0.1, 0.15) is 5.69 Å². The van der Waals surface area contributed by atoms with E-state index in [1.165, 1.54) is 0 Å². The summed E-state index contributed by atoms with van der Waals surface area (Å²) in [7, 11) is 0. The number of nitrogens with zero attached hydrogens (tertiary/aromatic N) is 1. The van der Waals surface area contributed by atoms with Gasteiger partial charge in [0.05, 0.1) is 5.56 Å². The van der Waals surface area contributed by atoms with Crippen molar-refractivity contribution in [1.82, 2.24) is 15.6 Å². The number of rotatable bonds is 3. The number of hydrogen-bond acceptors (Lipinski definition) is 3. The van der Waals surface area contributed by atoms with Crippen LogP contribution in [0.15, 0.2) is 18.3 Å². The molecule has 7 heteroatoms. The monoisotopic (exact) mass is 301 g/mol. The Kier molecular flexibility index (Phi) is 4.51. The van der Waals surface area contributed by atoms with Gasteiger partial charge in [0.2, 0.25) is 0 Å². The van der Waals surface area contributed by atoms with Gasteiger partial charge in [0.15, 0.2) is 0 Å². The molecule has 1 saturated heterocycles. The highest BCUT2D eigenvalue weighted by Crippen LogP contribution is 2.27. The Balaban J connectivity index is 1.94. The molecule has 1 fully saturated rings. The highest BCUT2D eigenvalue weighted by molar-refractivity contribution is 5.93. The Morgan fingerprint density at radius 2 is 2.24 bits per heavy atom. The van der Waals surface area contributed by atoms with Crippen molar-refractivity contribution in [3.05, 3.63) is 29.6 Å². The lowest BCUT2D eigenvalue weighted by atomic mass is 9.83. The topological polar surface area (TPSA) is 54.0 Å². The lowest BCUT2D eigenvalue weighted by Crippen LogP contribution is -2.45. The van der Waals surface area contributed by atoms with Crippen LogP contribution in [0.5, 0.6) is 0 Å². The van der Waals surface area contributed by atoms with Crippen LogP contribution in [0, 0.1) is 5.41 Å². The minimum Gasteiger partial charge on any atom is -0.351 e. The normalized spacial score (nSPS) is 22.9. The molecule has 116 valence electrons. The van der Waals surface area contributed by atoms with Crippen molar-refractivity contribution in [3.63, 3.8) is 0 Å². The van der Waals surface area contributed by atoms with E-state index in [0.29, 0.717) is 6.54 Å². The number of piperidine rings is 1. The first-order valence-corrected chi connectivity index (χ1v) is 6.82. The van der Waals surface area contributed by atoms with E-state index in [0.717, 1.165) is 44.3 Å². The van der Waals surface area contributed by atoms with Crippen LogP contribution in [0.1, 0.15) is 35.8 Å². The highest BCUT2D eigenvalue weighted by Gasteiger charge is 2.32. The molecule has 0 aromatic carbocycles. The van der Waals surface area contributed by atoms with Crippen molar-refractivity contribution in [1.29, 1.82) is 0 Å². The molecule has 0 radical (unpaired) electrons. The predicted octanol–water partition coefficient (Wildman–Crippen LogP) is 2.22. The third kappa shape index (κ3) is 4.17. The van der Waals surface area contributed by atoms with Crippen LogP contribution in [-0.2, 0) is 6.18 Å². The Labute approximate surface area is 121 Å². The summed E-state index contributed by atoms with van der Waals surface area (Å²) in [5.41, 5.74) is -0.884. The van der Waals surface area contributed by atoms with Gasteiger partial charge in [0, 0.05) is 19.3 Å². The highest BCUT2D eigenvalue weighted by atomic mass is 19.4. The van der Waals surface area contributed by atoms with Gasteiger partial charge in [-0.25, -0.2) is 0 Å². The summed E-state index contributed by atoms with van der Waals surface area (Å²) in [6.07, 6.45) is -1.48. The van der Waals surface area contributed by atoms with Gasteiger partial charge in [-0.2, -0.15) is 13.2 Å². The Morgan fingerprint density at radius 3 is 2.76 bits per heavy atom. The maximum Gasteiger partial charge on any atom is 0.433 e. The standard InChI is InChI=1S/C14H18F3N3O/c1-13(5-2-6-18-8-13)9-20-12(21)10-3-4-11(19-7-10)14(15,16)17/h3-4,7,18H,2,5-6,8-9H2,1H3,(H,20,21). The van der Waals surface area contributed by atoms with Gasteiger partial charge < -0.3 is 10.6 Å². The number of aromatic nitrogens is 1. The lowest BCUT2D eigenvalue weighted by Gasteiger charge is -2.34. The zero-order valence-electron chi connectivity index (χ0n) is 11.8. The molecule has 0 bridgehead atoms. The summed E-state index contributed by atoms with van der Waals surface area (Å²) in [5.74, 6) is -0.400. The fourth-order valence-electron chi connectivity index (χ4n) is 2.36. The van der Waals surface area contributed by atoms with Gasteiger partial charge in [-0.3, -0.25) is 9.78 Å². The van der Waals surface area contributed by atoms with E-state index < -0.39 is 17.8 Å². The van der Waals surface area contributed by atoms with Gasteiger partial charge >= 0.3 is 6.18 Å². The van der Waals surface area contributed by atoms with Crippen LogP contribution in [0.4, 0.5) is 13.2 Å². The fourth-order valence-corrected chi connectivity index (χ4v) is 2.36. The molecule has 1 amide bonds. The van der Waals surface area contributed by atoms with Crippen LogP contribution in [0.25, 0.3) is 0 Å². The number of pyridine rings is 1. The van der Waals surface area contributed by atoms with Gasteiger partial charge in [-0.1, -0.05) is 6.92 Å². The molecule has 0 saturated carbocycles. The Morgan fingerprint density at radius 1 is 1.48 bits per heavy atom. The second kappa shape index (κ2) is 6.01. The van der Waals surface area contributed by atoms with Crippen LogP contribution < -0.4 is 10.6 Å². The molecular formula is C14H18F3N3O. The van der Waals surface area contributed by atoms with E-state index in [4.69, 9.17) is 0 Å². The zero-order valence-corrected chi connectivity index (χ0v) is 11.8. The minimum atomic E-state index is -4.49. The van der Waals surface area contributed by atoms with Crippen molar-refractivity contribution in [3.8, 4) is 0 Å². The van der Waals surface area contributed by atoms with E-state index in [-0.39, 0.29) is 11.0 Å². The molecule has 1 atom stereocenters. The molecular weight excluding hydrogens is 283 g/mol. The maximum absolute atomic E-state index is 12.4. The molecule has 1 aliphatic heterocycles. The molecule has 2 N–H and O–H groups in total. The molecule has 2 heterocycles. The molecule has 4 nitrogen and oxygen atoms in total. The number of amides is 1. The number of hydrogen-bond donors (Lipinski definition) is 2. The average Bonchev–Trinajstić information content (AvgIpc) is 2.45. The molecule has 0 spiro atoms. The molecule has 1 unspecified atom stereocenters. The Hall–Kier alpha value is -1.63. The van der Waals surface area contributed by atoms with E-state index in [1.807, 2.05) is 0 Å². The van der Waals surface area contributed by atoms with Crippen LogP contribution >= 0.6 is 0 Å². The van der Waals surface area contributed by atoms with E-state index in [9.17, 15) is 18.0 Å². The first-order chi connectivity index (χ1) is 9.80. The smallest absolute Gasteiger partial charge is 0.351 e. The summed E-state index contributed by atoms with van der Waals surface area (Å²) in [6.45, 7) is 4.36. The van der Waals surface area contributed by atoms with Crippen molar-refractivity contribution < 1.29 is 18.0 Å². The third-order valence-corrected chi connectivity index (χ3v) is 3.68. The lowest BCUT2D eigenvalue weighted by molar-refractivity contribution is -0.141. The number of halogens is 3. The van der Waals surface area contributed by atoms with Crippen LogP contribution in [-0.4, -0.2) is 30.5 Å². The average molecular weight is 301 g/mol. The van der Waals surface area contributed by atoms with Gasteiger partial charge in [-0.05, 0) is 36.9 Å². The number of carbonyl (C=O) groups excluding carboxylic acids is 1. The maximum atomic E-state index is 12.4. The van der Waals surface area contributed by atoms with Crippen LogP contribution in [0.3, 0.4) is 0 Å². The van der Waals surface area contributed by atoms with Crippen molar-refractivity contribution >= 4 is 5.91 Å². The second-order valence-corrected chi connectivity index (χ2v) is 5.70. The summed E-state index contributed by atoms with van der Waals surface area (Å²) >= 11 is 0. The summed E-state index contributed by atoms with van der Waals surface area (Å²) in [4.78, 5) is 15.2. The van der Waals surface area contributed by atoms with E-state index in [2.05, 4.69) is 22.5 Å². The molecule has 0 aliphatic carbocycles. The van der Waals surface area contributed by atoms with Crippen molar-refractivity contribution in [2.45, 2.75) is 25.9 Å². The van der Waals surface area contributed by atoms with E-state index >= 15 is 0 Å². The summed E-state index contributed by atoms with van der Waals surface area (Å²) in [6, 6.07) is 1.96. The van der Waals surface area contributed by atoms with Crippen LogP contribution in [0.2, 0.25) is 0 Å². The fraction of sp³-hybridized carbons (Fsp3) is 0.571. The molecule has 1 aromatic rings. The van der Waals surface area contributed by atoms with E-state index in [1.54, 1.807) is 0 Å². The summed E-state index contributed by atoms with van der Waals surface area (Å²) < 4.78 is 37.2. The first kappa shape index (κ1) is 15.8. The quantitative estimate of drug-likeness (QED) is 0.900. The van der Waals surface area contributed by atoms with Gasteiger partial charge in [0.25, 0.3) is 5.91 Å². The Bertz CT molecular complexity index is 493. The first-order valence-electron chi connectivity index (χ1n) is 6.82. The third-order valence-electron chi connectivity index (χ3n) is 3.68. The molecule has 21 heavy (non-hydrogen) atoms. The van der Waals surface area contributed by atoms with Crippen molar-refractivity contribution in [2.24, 2.45) is 5.41 Å². The minimum absolute atomic E-state index is 0.0206. The summed E-state index contributed by atoms with van der Waals surface area (Å²) in [5, 5.41) is 6.04. The number of nitrogens with one attached hydrogen (secondary N) is 2. The van der Waals surface area contributed by atoms with Crippen molar-refractivity contribution in [2.75, 3.05) is 19.6 Å². The number of carbonyl (C=O) groups is 1. The number of alkyl halides is 3. The van der Waals surface area contributed by atoms with Gasteiger partial charge in [-0.15, -0.1) is 0 Å². The molecule has 1 aromatic heterocycles. The largest absolute Gasteiger partial charge is 0.433 e. The SMILES string of the molecule is CC1(CNC(=O)c2ccc(C(F)(F)F)nc2)CCCNC1. The second-order valence-electron chi connectivity index (χ2n) is 5.70. The molecule has 1 aliphatic rings.